The highest BCUT2D eigenvalue weighted by Gasteiger charge is 2.09. The average molecular weight is 229 g/mol. The standard InChI is InChI=1S/C9H9BrO2/c1-5-3-8(10)6(2)7(4-11)9(5)12/h3-4,12H,1-2H3. The van der Waals surface area contributed by atoms with Crippen LogP contribution >= 0.6 is 15.9 Å². The molecule has 0 fully saturated rings. The van der Waals surface area contributed by atoms with E-state index in [2.05, 4.69) is 15.9 Å². The van der Waals surface area contributed by atoms with Crippen LogP contribution in [0, 0.1) is 13.8 Å². The summed E-state index contributed by atoms with van der Waals surface area (Å²) in [6, 6.07) is 1.79. The van der Waals surface area contributed by atoms with Crippen molar-refractivity contribution in [2.24, 2.45) is 0 Å². The molecular weight excluding hydrogens is 220 g/mol. The van der Waals surface area contributed by atoms with E-state index in [1.807, 2.05) is 0 Å². The average Bonchev–Trinajstić information content (AvgIpc) is 2.02. The van der Waals surface area contributed by atoms with E-state index in [4.69, 9.17) is 0 Å². The Morgan fingerprint density at radius 3 is 2.58 bits per heavy atom. The molecule has 0 amide bonds. The van der Waals surface area contributed by atoms with Gasteiger partial charge in [-0.05, 0) is 31.0 Å². The van der Waals surface area contributed by atoms with Crippen LogP contribution in [0.3, 0.4) is 0 Å². The van der Waals surface area contributed by atoms with E-state index in [1.54, 1.807) is 19.9 Å². The van der Waals surface area contributed by atoms with Crippen molar-refractivity contribution >= 4 is 22.2 Å². The van der Waals surface area contributed by atoms with Crippen LogP contribution in [0.25, 0.3) is 0 Å². The molecule has 1 rings (SSSR count). The molecule has 0 heterocycles. The minimum Gasteiger partial charge on any atom is -0.507 e. The van der Waals surface area contributed by atoms with Crippen LogP contribution in [0.15, 0.2) is 10.5 Å². The number of rotatable bonds is 1. The van der Waals surface area contributed by atoms with Crippen LogP contribution in [0.2, 0.25) is 0 Å². The number of carbonyl (C=O) groups is 1. The molecule has 0 atom stereocenters. The van der Waals surface area contributed by atoms with Crippen LogP contribution in [-0.4, -0.2) is 11.4 Å². The van der Waals surface area contributed by atoms with Crippen LogP contribution in [0.4, 0.5) is 0 Å². The molecule has 0 bridgehead atoms. The van der Waals surface area contributed by atoms with E-state index in [-0.39, 0.29) is 5.75 Å². The maximum atomic E-state index is 10.6. The summed E-state index contributed by atoms with van der Waals surface area (Å²) in [7, 11) is 0. The summed E-state index contributed by atoms with van der Waals surface area (Å²) in [6.45, 7) is 3.54. The molecular formula is C9H9BrO2. The highest BCUT2D eigenvalue weighted by atomic mass is 79.9. The van der Waals surface area contributed by atoms with Gasteiger partial charge in [0.05, 0.1) is 5.56 Å². The Morgan fingerprint density at radius 2 is 2.08 bits per heavy atom. The predicted molar refractivity (Wildman–Crippen MR) is 50.7 cm³/mol. The minimum atomic E-state index is 0.0747. The number of aryl methyl sites for hydroxylation is 1. The van der Waals surface area contributed by atoms with Crippen molar-refractivity contribution in [2.75, 3.05) is 0 Å². The van der Waals surface area contributed by atoms with Gasteiger partial charge in [-0.15, -0.1) is 0 Å². The van der Waals surface area contributed by atoms with Crippen LogP contribution in [0.1, 0.15) is 21.5 Å². The monoisotopic (exact) mass is 228 g/mol. The lowest BCUT2D eigenvalue weighted by atomic mass is 10.1. The Morgan fingerprint density at radius 1 is 1.50 bits per heavy atom. The zero-order valence-corrected chi connectivity index (χ0v) is 8.47. The fourth-order valence-corrected chi connectivity index (χ4v) is 1.59. The molecule has 0 aliphatic carbocycles. The molecule has 1 aromatic carbocycles. The SMILES string of the molecule is Cc1cc(Br)c(C)c(C=O)c1O. The van der Waals surface area contributed by atoms with Crippen molar-refractivity contribution in [3.05, 3.63) is 27.2 Å². The first-order valence-electron chi connectivity index (χ1n) is 3.51. The molecule has 2 nitrogen and oxygen atoms in total. The number of aromatic hydroxyl groups is 1. The van der Waals surface area contributed by atoms with E-state index in [9.17, 15) is 9.90 Å². The maximum absolute atomic E-state index is 10.6. The molecule has 12 heavy (non-hydrogen) atoms. The normalized spacial score (nSPS) is 9.92. The molecule has 0 radical (unpaired) electrons. The lowest BCUT2D eigenvalue weighted by Gasteiger charge is -2.06. The molecule has 3 heteroatoms. The number of aldehydes is 1. The molecule has 0 unspecified atom stereocenters. The lowest BCUT2D eigenvalue weighted by Crippen LogP contribution is -1.91. The first-order valence-corrected chi connectivity index (χ1v) is 4.31. The van der Waals surface area contributed by atoms with Crippen molar-refractivity contribution in [1.82, 2.24) is 0 Å². The molecule has 64 valence electrons. The van der Waals surface area contributed by atoms with Gasteiger partial charge in [-0.1, -0.05) is 15.9 Å². The predicted octanol–water partition coefficient (Wildman–Crippen LogP) is 2.58. The molecule has 0 saturated carbocycles. The lowest BCUT2D eigenvalue weighted by molar-refractivity contribution is 0.112. The minimum absolute atomic E-state index is 0.0747. The molecule has 0 aliphatic heterocycles. The summed E-state index contributed by atoms with van der Waals surface area (Å²) in [4.78, 5) is 10.6. The number of halogens is 1. The first-order chi connectivity index (χ1) is 5.57. The van der Waals surface area contributed by atoms with Crippen molar-refractivity contribution in [2.45, 2.75) is 13.8 Å². The number of hydrogen-bond donors (Lipinski definition) is 1. The first kappa shape index (κ1) is 9.26. The Balaban J connectivity index is 3.52. The Kier molecular flexibility index (Phi) is 2.52. The highest BCUT2D eigenvalue weighted by molar-refractivity contribution is 9.10. The smallest absolute Gasteiger partial charge is 0.154 e. The largest absolute Gasteiger partial charge is 0.507 e. The fourth-order valence-electron chi connectivity index (χ4n) is 1.03. The zero-order chi connectivity index (χ0) is 9.30. The number of phenols is 1. The van der Waals surface area contributed by atoms with Gasteiger partial charge in [0, 0.05) is 4.47 Å². The van der Waals surface area contributed by atoms with E-state index in [0.29, 0.717) is 17.4 Å². The summed E-state index contributed by atoms with van der Waals surface area (Å²) in [5, 5.41) is 9.45. The Hall–Kier alpha value is -0.830. The highest BCUT2D eigenvalue weighted by Crippen LogP contribution is 2.29. The summed E-state index contributed by atoms with van der Waals surface area (Å²) in [6.07, 6.45) is 0.669. The van der Waals surface area contributed by atoms with Crippen LogP contribution < -0.4 is 0 Å². The number of carbonyl (C=O) groups excluding carboxylic acids is 1. The van der Waals surface area contributed by atoms with Gasteiger partial charge in [-0.3, -0.25) is 4.79 Å². The van der Waals surface area contributed by atoms with Gasteiger partial charge in [0.25, 0.3) is 0 Å². The summed E-state index contributed by atoms with van der Waals surface area (Å²) in [5.41, 5.74) is 1.84. The number of phenolic OH excluding ortho intramolecular Hbond substituents is 1. The molecule has 0 aliphatic rings. The van der Waals surface area contributed by atoms with Gasteiger partial charge in [0.2, 0.25) is 0 Å². The van der Waals surface area contributed by atoms with Crippen molar-refractivity contribution in [1.29, 1.82) is 0 Å². The van der Waals surface area contributed by atoms with Gasteiger partial charge < -0.3 is 5.11 Å². The van der Waals surface area contributed by atoms with Gasteiger partial charge >= 0.3 is 0 Å². The Bertz CT molecular complexity index is 306. The van der Waals surface area contributed by atoms with E-state index >= 15 is 0 Å². The van der Waals surface area contributed by atoms with Gasteiger partial charge in [-0.2, -0.15) is 0 Å². The molecule has 1 aromatic rings. The molecule has 0 aromatic heterocycles. The second-order valence-corrected chi connectivity index (χ2v) is 3.53. The number of hydrogen-bond acceptors (Lipinski definition) is 2. The third-order valence-electron chi connectivity index (χ3n) is 1.85. The van der Waals surface area contributed by atoms with Gasteiger partial charge in [-0.25, -0.2) is 0 Å². The quantitative estimate of drug-likeness (QED) is 0.751. The van der Waals surface area contributed by atoms with Crippen LogP contribution in [0.5, 0.6) is 5.75 Å². The third kappa shape index (κ3) is 1.37. The van der Waals surface area contributed by atoms with E-state index in [0.717, 1.165) is 10.0 Å². The van der Waals surface area contributed by atoms with E-state index in [1.165, 1.54) is 0 Å². The second-order valence-electron chi connectivity index (χ2n) is 2.68. The third-order valence-corrected chi connectivity index (χ3v) is 2.68. The van der Waals surface area contributed by atoms with Crippen molar-refractivity contribution < 1.29 is 9.90 Å². The molecule has 0 saturated heterocycles. The molecule has 1 N–H and O–H groups in total. The summed E-state index contributed by atoms with van der Waals surface area (Å²) < 4.78 is 0.847. The van der Waals surface area contributed by atoms with E-state index < -0.39 is 0 Å². The second kappa shape index (κ2) is 3.27. The summed E-state index contributed by atoms with van der Waals surface area (Å²) >= 11 is 3.30. The Labute approximate surface area is 79.3 Å². The fraction of sp³-hybridized carbons (Fsp3) is 0.222. The zero-order valence-electron chi connectivity index (χ0n) is 6.89. The molecule has 0 spiro atoms. The number of benzene rings is 1. The summed E-state index contributed by atoms with van der Waals surface area (Å²) in [5.74, 6) is 0.0747. The maximum Gasteiger partial charge on any atom is 0.154 e. The van der Waals surface area contributed by atoms with Crippen LogP contribution in [-0.2, 0) is 0 Å². The topological polar surface area (TPSA) is 37.3 Å². The van der Waals surface area contributed by atoms with Gasteiger partial charge in [0.15, 0.2) is 6.29 Å². The van der Waals surface area contributed by atoms with Crippen molar-refractivity contribution in [3.8, 4) is 5.75 Å². The van der Waals surface area contributed by atoms with Gasteiger partial charge in [0.1, 0.15) is 5.75 Å². The van der Waals surface area contributed by atoms with Crippen molar-refractivity contribution in [3.63, 3.8) is 0 Å².